The first-order valence-corrected chi connectivity index (χ1v) is 7.26. The van der Waals surface area contributed by atoms with E-state index >= 15 is 0 Å². The second kappa shape index (κ2) is 7.32. The molecule has 1 unspecified atom stereocenters. The molecule has 1 rings (SSSR count). The lowest BCUT2D eigenvalue weighted by Gasteiger charge is -2.11. The molecule has 0 heterocycles. The van der Waals surface area contributed by atoms with Crippen LogP contribution in [-0.4, -0.2) is 17.0 Å². The van der Waals surface area contributed by atoms with Crippen molar-refractivity contribution in [1.82, 2.24) is 0 Å². The van der Waals surface area contributed by atoms with Crippen LogP contribution in [-0.2, 0) is 12.8 Å². The second-order valence-electron chi connectivity index (χ2n) is 6.20. The Hall–Kier alpha value is -1.31. The average Bonchev–Trinajstić information content (AvgIpc) is 2.30. The molecule has 1 aromatic rings. The minimum atomic E-state index is 0.0240. The first kappa shape index (κ1) is 15.7. The summed E-state index contributed by atoms with van der Waals surface area (Å²) < 4.78 is 1.05. The number of hydrogen-bond acceptors (Lipinski definition) is 1. The van der Waals surface area contributed by atoms with Crippen LogP contribution in [0.2, 0.25) is 0 Å². The van der Waals surface area contributed by atoms with Crippen molar-refractivity contribution in [2.24, 2.45) is 11.8 Å². The highest BCUT2D eigenvalue weighted by molar-refractivity contribution is 5.55. The predicted octanol–water partition coefficient (Wildman–Crippen LogP) is 4.05. The van der Waals surface area contributed by atoms with Crippen molar-refractivity contribution in [2.45, 2.75) is 53.5 Å². The summed E-state index contributed by atoms with van der Waals surface area (Å²) in [5, 5.41) is 11.6. The Labute approximate surface area is 117 Å². The molecule has 0 aliphatic heterocycles. The summed E-state index contributed by atoms with van der Waals surface area (Å²) in [6.07, 6.45) is 3.84. The molecule has 1 aromatic carbocycles. The summed E-state index contributed by atoms with van der Waals surface area (Å²) in [6, 6.07) is 8.81. The molecule has 19 heavy (non-hydrogen) atoms. The van der Waals surface area contributed by atoms with Crippen molar-refractivity contribution in [1.29, 1.82) is 0 Å². The van der Waals surface area contributed by atoms with Gasteiger partial charge in [-0.05, 0) is 43.7 Å². The summed E-state index contributed by atoms with van der Waals surface area (Å²) >= 11 is 0. The molecule has 0 radical (unpaired) electrons. The number of rotatable bonds is 6. The van der Waals surface area contributed by atoms with Crippen LogP contribution in [0.4, 0.5) is 0 Å². The Morgan fingerprint density at radius 2 is 1.42 bits per heavy atom. The van der Waals surface area contributed by atoms with Gasteiger partial charge in [0.15, 0.2) is 12.3 Å². The van der Waals surface area contributed by atoms with E-state index in [0.717, 1.165) is 17.6 Å². The smallest absolute Gasteiger partial charge is 0.157 e. The molecule has 0 aromatic heterocycles. The van der Waals surface area contributed by atoms with Gasteiger partial charge in [-0.2, -0.15) is 0 Å². The van der Waals surface area contributed by atoms with Crippen molar-refractivity contribution in [2.75, 3.05) is 0 Å². The molecule has 0 aliphatic rings. The van der Waals surface area contributed by atoms with Crippen LogP contribution >= 0.6 is 0 Å². The topological polar surface area (TPSA) is 26.1 Å². The van der Waals surface area contributed by atoms with E-state index in [2.05, 4.69) is 45.0 Å². The number of hydroxylamine groups is 1. The monoisotopic (exact) mass is 261 g/mol. The van der Waals surface area contributed by atoms with Gasteiger partial charge >= 0.3 is 0 Å². The van der Waals surface area contributed by atoms with Gasteiger partial charge in [-0.15, -0.1) is 0 Å². The highest BCUT2D eigenvalue weighted by atomic mass is 16.5. The lowest BCUT2D eigenvalue weighted by Crippen LogP contribution is -2.18. The molecule has 0 bridgehead atoms. The fourth-order valence-corrected chi connectivity index (χ4v) is 2.13. The van der Waals surface area contributed by atoms with Gasteiger partial charge in [0.25, 0.3) is 0 Å². The minimum absolute atomic E-state index is 0.0240. The summed E-state index contributed by atoms with van der Waals surface area (Å²) in [5.41, 5.74) is 2.69. The van der Waals surface area contributed by atoms with Gasteiger partial charge in [0.05, 0.1) is 0 Å². The molecule has 2 heteroatoms. The number of nitrogens with zero attached hydrogens (tertiary/aromatic N) is 1. The third kappa shape index (κ3) is 5.91. The van der Waals surface area contributed by atoms with Crippen LogP contribution < -0.4 is 0 Å². The third-order valence-electron chi connectivity index (χ3n) is 3.13. The summed E-state index contributed by atoms with van der Waals surface area (Å²) in [7, 11) is 0. The lowest BCUT2D eigenvalue weighted by molar-refractivity contribution is -0.489. The first-order chi connectivity index (χ1) is 8.88. The molecule has 0 spiro atoms. The maximum atomic E-state index is 11.6. The Bertz CT molecular complexity index is 404. The van der Waals surface area contributed by atoms with E-state index in [1.165, 1.54) is 11.1 Å². The molecule has 2 nitrogen and oxygen atoms in total. The maximum Gasteiger partial charge on any atom is 0.157 e. The molecule has 0 amide bonds. The summed E-state index contributed by atoms with van der Waals surface area (Å²) in [4.78, 5) is 0. The Kier molecular flexibility index (Phi) is 6.07. The van der Waals surface area contributed by atoms with Crippen LogP contribution in [0.15, 0.2) is 24.3 Å². The average molecular weight is 261 g/mol. The third-order valence-corrected chi connectivity index (χ3v) is 3.13. The van der Waals surface area contributed by atoms with Crippen LogP contribution in [0.3, 0.4) is 0 Å². The number of hydrogen-bond donors (Lipinski definition) is 0. The zero-order valence-electron chi connectivity index (χ0n) is 12.9. The molecule has 106 valence electrons. The second-order valence-corrected chi connectivity index (χ2v) is 6.20. The molecular formula is C17H27NO. The molecule has 0 N–H and O–H groups in total. The highest BCUT2D eigenvalue weighted by Crippen LogP contribution is 2.12. The highest BCUT2D eigenvalue weighted by Gasteiger charge is 2.07. The Morgan fingerprint density at radius 1 is 0.947 bits per heavy atom. The van der Waals surface area contributed by atoms with Crippen molar-refractivity contribution >= 4 is 6.21 Å². The molecule has 0 aliphatic carbocycles. The van der Waals surface area contributed by atoms with Crippen molar-refractivity contribution < 1.29 is 4.74 Å². The van der Waals surface area contributed by atoms with E-state index in [-0.39, 0.29) is 12.0 Å². The van der Waals surface area contributed by atoms with Gasteiger partial charge in [-0.25, -0.2) is 4.74 Å². The minimum Gasteiger partial charge on any atom is -0.624 e. The van der Waals surface area contributed by atoms with Crippen molar-refractivity contribution in [3.05, 3.63) is 40.6 Å². The van der Waals surface area contributed by atoms with Crippen molar-refractivity contribution in [3.8, 4) is 0 Å². The zero-order valence-corrected chi connectivity index (χ0v) is 12.9. The molecule has 0 saturated carbocycles. The number of benzene rings is 1. The fourth-order valence-electron chi connectivity index (χ4n) is 2.13. The standard InChI is InChI=1S/C17H27NO/c1-13(2)10-16-6-8-17(9-7-16)11-15(5)12-18(19)14(3)4/h6-9,12-15H,10-11H2,1-5H3. The molecule has 0 fully saturated rings. The van der Waals surface area contributed by atoms with E-state index in [1.54, 1.807) is 6.21 Å². The van der Waals surface area contributed by atoms with E-state index in [0.29, 0.717) is 5.92 Å². The molecule has 1 atom stereocenters. The van der Waals surface area contributed by atoms with Gasteiger partial charge in [-0.3, -0.25) is 0 Å². The Balaban J connectivity index is 2.60. The van der Waals surface area contributed by atoms with Crippen LogP contribution in [0.5, 0.6) is 0 Å². The Morgan fingerprint density at radius 3 is 1.84 bits per heavy atom. The summed E-state index contributed by atoms with van der Waals surface area (Å²) in [6.45, 7) is 10.4. The van der Waals surface area contributed by atoms with E-state index in [9.17, 15) is 5.21 Å². The largest absolute Gasteiger partial charge is 0.624 e. The van der Waals surface area contributed by atoms with Gasteiger partial charge in [0.2, 0.25) is 0 Å². The molecular weight excluding hydrogens is 234 g/mol. The SMILES string of the molecule is CC(C)Cc1ccc(CC(C)C=[N+]([O-])C(C)C)cc1. The summed E-state index contributed by atoms with van der Waals surface area (Å²) in [5.74, 6) is 0.967. The van der Waals surface area contributed by atoms with E-state index < -0.39 is 0 Å². The van der Waals surface area contributed by atoms with Crippen LogP contribution in [0.25, 0.3) is 0 Å². The lowest BCUT2D eigenvalue weighted by atomic mass is 9.98. The normalized spacial score (nSPS) is 14.2. The van der Waals surface area contributed by atoms with Crippen LogP contribution in [0.1, 0.15) is 45.7 Å². The van der Waals surface area contributed by atoms with Gasteiger partial charge in [0, 0.05) is 5.92 Å². The van der Waals surface area contributed by atoms with Crippen LogP contribution in [0, 0.1) is 17.0 Å². The first-order valence-electron chi connectivity index (χ1n) is 7.26. The predicted molar refractivity (Wildman–Crippen MR) is 82.7 cm³/mol. The van der Waals surface area contributed by atoms with Gasteiger partial charge in [-0.1, -0.05) is 45.0 Å². The van der Waals surface area contributed by atoms with Crippen molar-refractivity contribution in [3.63, 3.8) is 0 Å². The molecule has 0 saturated heterocycles. The zero-order chi connectivity index (χ0) is 14.4. The quantitative estimate of drug-likeness (QED) is 0.328. The van der Waals surface area contributed by atoms with Gasteiger partial charge in [0.1, 0.15) is 0 Å². The van der Waals surface area contributed by atoms with E-state index in [1.807, 2.05) is 13.8 Å². The van der Waals surface area contributed by atoms with E-state index in [4.69, 9.17) is 0 Å². The maximum absolute atomic E-state index is 11.6. The fraction of sp³-hybridized carbons (Fsp3) is 0.588. The van der Waals surface area contributed by atoms with Gasteiger partial charge < -0.3 is 5.21 Å².